The Kier molecular flexibility index (Phi) is 4.69. The largest absolute Gasteiger partial charge is 0.435 e. The van der Waals surface area contributed by atoms with E-state index in [0.717, 1.165) is 29.9 Å². The molecule has 4 nitrogen and oxygen atoms in total. The Morgan fingerprint density at radius 3 is 2.37 bits per heavy atom. The molecular formula is C22H21F3N4S. The van der Waals surface area contributed by atoms with Gasteiger partial charge in [0.15, 0.2) is 5.50 Å². The number of alkyl halides is 3. The van der Waals surface area contributed by atoms with Gasteiger partial charge in [-0.25, -0.2) is 4.99 Å². The maximum Gasteiger partial charge on any atom is 0.435 e. The molecule has 2 aromatic carbocycles. The van der Waals surface area contributed by atoms with Gasteiger partial charge in [-0.1, -0.05) is 60.3 Å². The first-order chi connectivity index (χ1) is 14.5. The SMILES string of the molecule is FC(F)(F)[C@]1(c2ccccc2)NC(Nc2ccccc2)=N[C@@H]2SC3=C(CCCC3)N21. The zero-order chi connectivity index (χ0) is 20.8. The molecule has 0 saturated carbocycles. The van der Waals surface area contributed by atoms with Gasteiger partial charge in [0, 0.05) is 21.9 Å². The molecule has 5 rings (SSSR count). The highest BCUT2D eigenvalue weighted by Crippen LogP contribution is 2.56. The second-order valence-electron chi connectivity index (χ2n) is 7.56. The molecule has 2 aromatic rings. The first-order valence-corrected chi connectivity index (χ1v) is 10.9. The van der Waals surface area contributed by atoms with E-state index in [1.165, 1.54) is 28.8 Å². The van der Waals surface area contributed by atoms with Gasteiger partial charge in [-0.3, -0.25) is 0 Å². The molecule has 0 spiro atoms. The third-order valence-corrected chi connectivity index (χ3v) is 6.94. The van der Waals surface area contributed by atoms with Gasteiger partial charge in [0.25, 0.3) is 0 Å². The first kappa shape index (κ1) is 19.4. The van der Waals surface area contributed by atoms with Gasteiger partial charge >= 0.3 is 6.18 Å². The number of rotatable bonds is 2. The monoisotopic (exact) mass is 430 g/mol. The van der Waals surface area contributed by atoms with Crippen molar-refractivity contribution >= 4 is 23.4 Å². The lowest BCUT2D eigenvalue weighted by Gasteiger charge is -2.50. The molecule has 156 valence electrons. The first-order valence-electron chi connectivity index (χ1n) is 9.97. The van der Waals surface area contributed by atoms with Gasteiger partial charge in [-0.2, -0.15) is 13.2 Å². The van der Waals surface area contributed by atoms with E-state index in [9.17, 15) is 13.2 Å². The summed E-state index contributed by atoms with van der Waals surface area (Å²) in [6.07, 6.45) is -1.23. The predicted molar refractivity (Wildman–Crippen MR) is 114 cm³/mol. The lowest BCUT2D eigenvalue weighted by Crippen LogP contribution is -2.70. The third kappa shape index (κ3) is 3.05. The van der Waals surface area contributed by atoms with Crippen molar-refractivity contribution in [3.8, 4) is 0 Å². The van der Waals surface area contributed by atoms with E-state index in [2.05, 4.69) is 15.6 Å². The zero-order valence-electron chi connectivity index (χ0n) is 16.1. The van der Waals surface area contributed by atoms with Crippen LogP contribution < -0.4 is 10.6 Å². The van der Waals surface area contributed by atoms with E-state index in [1.807, 2.05) is 18.2 Å². The van der Waals surface area contributed by atoms with Gasteiger partial charge in [0.05, 0.1) is 0 Å². The van der Waals surface area contributed by atoms with Crippen LogP contribution in [0.5, 0.6) is 0 Å². The topological polar surface area (TPSA) is 39.7 Å². The van der Waals surface area contributed by atoms with Crippen LogP contribution in [0.2, 0.25) is 0 Å². The van der Waals surface area contributed by atoms with Crippen LogP contribution in [0.3, 0.4) is 0 Å². The van der Waals surface area contributed by atoms with E-state index in [1.54, 1.807) is 30.3 Å². The fourth-order valence-electron chi connectivity index (χ4n) is 4.37. The minimum atomic E-state index is -4.58. The number of thioether (sulfide) groups is 1. The minimum Gasteiger partial charge on any atom is -0.326 e. The fraction of sp³-hybridized carbons (Fsp3) is 0.318. The Bertz CT molecular complexity index is 990. The number of allylic oxidation sites excluding steroid dienone is 2. The molecule has 0 unspecified atom stereocenters. The van der Waals surface area contributed by atoms with E-state index >= 15 is 0 Å². The average molecular weight is 430 g/mol. The smallest absolute Gasteiger partial charge is 0.326 e. The second kappa shape index (κ2) is 7.27. The number of guanidine groups is 1. The van der Waals surface area contributed by atoms with Crippen molar-refractivity contribution in [1.29, 1.82) is 0 Å². The highest BCUT2D eigenvalue weighted by Gasteiger charge is 2.66. The second-order valence-corrected chi connectivity index (χ2v) is 8.71. The normalized spacial score (nSPS) is 25.9. The van der Waals surface area contributed by atoms with E-state index in [0.29, 0.717) is 12.1 Å². The van der Waals surface area contributed by atoms with E-state index in [4.69, 9.17) is 0 Å². The molecule has 0 fully saturated rings. The van der Waals surface area contributed by atoms with Crippen LogP contribution in [0.15, 0.2) is 76.3 Å². The molecule has 0 radical (unpaired) electrons. The Hall–Kier alpha value is -2.61. The number of nitrogens with zero attached hydrogens (tertiary/aromatic N) is 2. The number of anilines is 1. The molecule has 3 aliphatic rings. The summed E-state index contributed by atoms with van der Waals surface area (Å²) in [7, 11) is 0. The zero-order valence-corrected chi connectivity index (χ0v) is 16.9. The molecular weight excluding hydrogens is 409 g/mol. The lowest BCUT2D eigenvalue weighted by atomic mass is 9.93. The number of fused-ring (bicyclic) bond motifs is 2. The molecule has 0 amide bonds. The molecule has 2 N–H and O–H groups in total. The average Bonchev–Trinajstić information content (AvgIpc) is 3.12. The fourth-order valence-corrected chi connectivity index (χ4v) is 5.77. The van der Waals surface area contributed by atoms with Crippen LogP contribution in [-0.4, -0.2) is 22.5 Å². The molecule has 2 heterocycles. The Labute approximate surface area is 177 Å². The lowest BCUT2D eigenvalue weighted by molar-refractivity contribution is -0.243. The van der Waals surface area contributed by atoms with Crippen molar-refractivity contribution in [2.24, 2.45) is 4.99 Å². The molecule has 0 saturated heterocycles. The van der Waals surface area contributed by atoms with Crippen molar-refractivity contribution in [3.63, 3.8) is 0 Å². The summed E-state index contributed by atoms with van der Waals surface area (Å²) in [5.74, 6) is 0.121. The Morgan fingerprint density at radius 2 is 1.67 bits per heavy atom. The van der Waals surface area contributed by atoms with Crippen LogP contribution in [0, 0.1) is 0 Å². The summed E-state index contributed by atoms with van der Waals surface area (Å²) in [6.45, 7) is 0. The Balaban J connectivity index is 1.66. The maximum atomic E-state index is 15.0. The van der Waals surface area contributed by atoms with Gasteiger partial charge in [-0.05, 0) is 37.8 Å². The summed E-state index contributed by atoms with van der Waals surface area (Å²) in [5, 5.41) is 5.82. The standard InChI is InChI=1S/C22H21F3N4S/c23-22(24,25)21(15-9-3-1-4-10-15)28-19(26-16-11-5-2-6-12-16)27-20-29(21)17-13-7-8-14-18(17)30-20/h1-6,9-12,20H,7-8,13-14H2,(H2,26,27,28)/t20-,21+/m0/s1. The minimum absolute atomic E-state index is 0.121. The predicted octanol–water partition coefficient (Wildman–Crippen LogP) is 5.59. The summed E-state index contributed by atoms with van der Waals surface area (Å²) in [5.41, 5.74) is -1.44. The molecule has 2 atom stereocenters. The molecule has 0 aromatic heterocycles. The summed E-state index contributed by atoms with van der Waals surface area (Å²) in [6, 6.07) is 17.2. The van der Waals surface area contributed by atoms with E-state index in [-0.39, 0.29) is 11.5 Å². The highest BCUT2D eigenvalue weighted by molar-refractivity contribution is 8.03. The number of halogens is 3. The van der Waals surface area contributed by atoms with Crippen molar-refractivity contribution in [1.82, 2.24) is 10.2 Å². The molecule has 8 heteroatoms. The van der Waals surface area contributed by atoms with Crippen molar-refractivity contribution in [3.05, 3.63) is 76.8 Å². The van der Waals surface area contributed by atoms with Crippen LogP contribution in [0.4, 0.5) is 18.9 Å². The van der Waals surface area contributed by atoms with Crippen LogP contribution >= 0.6 is 11.8 Å². The molecule has 0 bridgehead atoms. The number of aliphatic imine (C=N–C) groups is 1. The van der Waals surface area contributed by atoms with Crippen molar-refractivity contribution < 1.29 is 13.2 Å². The number of hydrogen-bond acceptors (Lipinski definition) is 5. The maximum absolute atomic E-state index is 15.0. The van der Waals surface area contributed by atoms with Crippen LogP contribution in [0.1, 0.15) is 31.2 Å². The van der Waals surface area contributed by atoms with Gasteiger partial charge in [-0.15, -0.1) is 0 Å². The summed E-state index contributed by atoms with van der Waals surface area (Å²) < 4.78 is 44.9. The van der Waals surface area contributed by atoms with Crippen LogP contribution in [0.25, 0.3) is 0 Å². The molecule has 30 heavy (non-hydrogen) atoms. The summed E-state index contributed by atoms with van der Waals surface area (Å²) >= 11 is 1.44. The number of nitrogens with one attached hydrogen (secondary N) is 2. The number of para-hydroxylation sites is 1. The number of hydrogen-bond donors (Lipinski definition) is 2. The van der Waals surface area contributed by atoms with Gasteiger partial charge in [0.2, 0.25) is 11.6 Å². The Morgan fingerprint density at radius 1 is 1.00 bits per heavy atom. The van der Waals surface area contributed by atoms with Gasteiger partial charge in [0.1, 0.15) is 0 Å². The quantitative estimate of drug-likeness (QED) is 0.652. The summed E-state index contributed by atoms with van der Waals surface area (Å²) in [4.78, 5) is 7.14. The van der Waals surface area contributed by atoms with E-state index < -0.39 is 17.3 Å². The molecule has 1 aliphatic carbocycles. The number of benzene rings is 2. The third-order valence-electron chi connectivity index (χ3n) is 5.69. The van der Waals surface area contributed by atoms with Gasteiger partial charge < -0.3 is 15.5 Å². The van der Waals surface area contributed by atoms with Crippen molar-refractivity contribution in [2.45, 2.75) is 43.0 Å². The molecule has 2 aliphatic heterocycles. The van der Waals surface area contributed by atoms with Crippen molar-refractivity contribution in [2.75, 3.05) is 5.32 Å². The highest BCUT2D eigenvalue weighted by atomic mass is 32.2. The van der Waals surface area contributed by atoms with Crippen LogP contribution in [-0.2, 0) is 5.66 Å².